The lowest BCUT2D eigenvalue weighted by Gasteiger charge is -2.08. The number of aliphatic hydroxyl groups excluding tert-OH is 1. The predicted octanol–water partition coefficient (Wildman–Crippen LogP) is -1.12. The van der Waals surface area contributed by atoms with Crippen LogP contribution in [0.4, 0.5) is 0 Å². The van der Waals surface area contributed by atoms with Gasteiger partial charge in [-0.2, -0.15) is 8.42 Å². The Bertz CT molecular complexity index is 168. The SMILES string of the molecule is COC(CO)CS(=O)(=O)O. The van der Waals surface area contributed by atoms with Gasteiger partial charge < -0.3 is 9.84 Å². The van der Waals surface area contributed by atoms with Crippen LogP contribution in [0.1, 0.15) is 0 Å². The third-order valence-corrected chi connectivity index (χ3v) is 1.73. The van der Waals surface area contributed by atoms with Crippen molar-refractivity contribution in [2.24, 2.45) is 0 Å². The van der Waals surface area contributed by atoms with Crippen LogP contribution in [0.5, 0.6) is 0 Å². The van der Waals surface area contributed by atoms with Crippen molar-refractivity contribution in [1.82, 2.24) is 0 Å². The van der Waals surface area contributed by atoms with Gasteiger partial charge in [-0.1, -0.05) is 0 Å². The minimum atomic E-state index is -4.03. The second-order valence-corrected chi connectivity index (χ2v) is 3.29. The van der Waals surface area contributed by atoms with E-state index in [1.807, 2.05) is 0 Å². The maximum Gasteiger partial charge on any atom is 0.267 e. The van der Waals surface area contributed by atoms with Gasteiger partial charge >= 0.3 is 0 Å². The summed E-state index contributed by atoms with van der Waals surface area (Å²) in [7, 11) is -2.78. The van der Waals surface area contributed by atoms with E-state index < -0.39 is 28.6 Å². The van der Waals surface area contributed by atoms with Gasteiger partial charge in [-0.15, -0.1) is 0 Å². The zero-order valence-electron chi connectivity index (χ0n) is 5.52. The number of methoxy groups -OCH3 is 1. The monoisotopic (exact) mass is 170 g/mol. The number of hydrogen-bond donors (Lipinski definition) is 2. The Balaban J connectivity index is 3.87. The van der Waals surface area contributed by atoms with Gasteiger partial charge in [0.25, 0.3) is 10.1 Å². The second-order valence-electron chi connectivity index (χ2n) is 1.79. The first-order valence-electron chi connectivity index (χ1n) is 2.58. The van der Waals surface area contributed by atoms with Crippen molar-refractivity contribution in [3.63, 3.8) is 0 Å². The van der Waals surface area contributed by atoms with Crippen LogP contribution < -0.4 is 0 Å². The summed E-state index contributed by atoms with van der Waals surface area (Å²) < 4.78 is 33.0. The second kappa shape index (κ2) is 3.87. The Morgan fingerprint density at radius 3 is 2.20 bits per heavy atom. The molecule has 0 aliphatic heterocycles. The summed E-state index contributed by atoms with van der Waals surface area (Å²) in [5, 5.41) is 8.39. The molecule has 2 N–H and O–H groups in total. The minimum Gasteiger partial charge on any atom is -0.394 e. The van der Waals surface area contributed by atoms with Gasteiger partial charge in [0.15, 0.2) is 0 Å². The normalized spacial score (nSPS) is 15.1. The van der Waals surface area contributed by atoms with E-state index >= 15 is 0 Å². The molecule has 0 bridgehead atoms. The van der Waals surface area contributed by atoms with Crippen LogP contribution in [0.15, 0.2) is 0 Å². The van der Waals surface area contributed by atoms with E-state index in [1.54, 1.807) is 0 Å². The highest BCUT2D eigenvalue weighted by atomic mass is 32.2. The van der Waals surface area contributed by atoms with Gasteiger partial charge in [0.05, 0.1) is 12.7 Å². The molecule has 62 valence electrons. The van der Waals surface area contributed by atoms with E-state index in [4.69, 9.17) is 9.66 Å². The molecule has 0 saturated heterocycles. The number of rotatable bonds is 4. The average Bonchev–Trinajstić information content (AvgIpc) is 1.81. The lowest BCUT2D eigenvalue weighted by atomic mass is 10.4. The summed E-state index contributed by atoms with van der Waals surface area (Å²) in [6, 6.07) is 0. The fourth-order valence-electron chi connectivity index (χ4n) is 0.430. The Kier molecular flexibility index (Phi) is 3.80. The molecule has 0 heterocycles. The predicted molar refractivity (Wildman–Crippen MR) is 34.3 cm³/mol. The maximum atomic E-state index is 10.1. The number of aliphatic hydroxyl groups is 1. The first-order valence-corrected chi connectivity index (χ1v) is 4.19. The summed E-state index contributed by atoms with van der Waals surface area (Å²) in [4.78, 5) is 0. The van der Waals surface area contributed by atoms with Crippen LogP contribution in [-0.2, 0) is 14.9 Å². The third-order valence-electron chi connectivity index (χ3n) is 0.933. The highest BCUT2D eigenvalue weighted by Crippen LogP contribution is 1.93. The van der Waals surface area contributed by atoms with Crippen LogP contribution in [0, 0.1) is 0 Å². The van der Waals surface area contributed by atoms with Crippen molar-refractivity contribution < 1.29 is 22.8 Å². The molecule has 0 aliphatic rings. The van der Waals surface area contributed by atoms with Crippen molar-refractivity contribution in [2.45, 2.75) is 6.10 Å². The smallest absolute Gasteiger partial charge is 0.267 e. The van der Waals surface area contributed by atoms with E-state index in [2.05, 4.69) is 4.74 Å². The summed E-state index contributed by atoms with van der Waals surface area (Å²) in [6.45, 7) is -0.420. The largest absolute Gasteiger partial charge is 0.394 e. The first kappa shape index (κ1) is 9.83. The van der Waals surface area contributed by atoms with Crippen LogP contribution in [-0.4, -0.2) is 43.7 Å². The van der Waals surface area contributed by atoms with E-state index in [-0.39, 0.29) is 0 Å². The van der Waals surface area contributed by atoms with Crippen LogP contribution in [0.3, 0.4) is 0 Å². The maximum absolute atomic E-state index is 10.1. The quantitative estimate of drug-likeness (QED) is 0.522. The summed E-state index contributed by atoms with van der Waals surface area (Å²) >= 11 is 0. The fourth-order valence-corrected chi connectivity index (χ4v) is 1.14. The molecule has 0 aromatic carbocycles. The van der Waals surface area contributed by atoms with Gasteiger partial charge in [0.2, 0.25) is 0 Å². The molecule has 0 fully saturated rings. The van der Waals surface area contributed by atoms with Crippen molar-refractivity contribution in [3.8, 4) is 0 Å². The molecule has 6 heteroatoms. The van der Waals surface area contributed by atoms with Gasteiger partial charge in [0.1, 0.15) is 5.75 Å². The minimum absolute atomic E-state index is 0.420. The molecule has 1 atom stereocenters. The van der Waals surface area contributed by atoms with Gasteiger partial charge in [-0.25, -0.2) is 0 Å². The van der Waals surface area contributed by atoms with E-state index in [9.17, 15) is 8.42 Å². The molecule has 0 rings (SSSR count). The molecule has 0 aliphatic carbocycles. The van der Waals surface area contributed by atoms with E-state index in [0.29, 0.717) is 0 Å². The van der Waals surface area contributed by atoms with Gasteiger partial charge in [-0.05, 0) is 0 Å². The zero-order valence-corrected chi connectivity index (χ0v) is 6.34. The molecule has 1 unspecified atom stereocenters. The molecule has 0 saturated carbocycles. The van der Waals surface area contributed by atoms with E-state index in [0.717, 1.165) is 0 Å². The molecule has 0 amide bonds. The van der Waals surface area contributed by atoms with Crippen molar-refractivity contribution in [3.05, 3.63) is 0 Å². The molecule has 0 radical (unpaired) electrons. The first-order chi connectivity index (χ1) is 4.49. The Morgan fingerprint density at radius 2 is 2.10 bits per heavy atom. The molecular weight excluding hydrogens is 160 g/mol. The lowest BCUT2D eigenvalue weighted by molar-refractivity contribution is 0.0634. The Morgan fingerprint density at radius 1 is 1.60 bits per heavy atom. The summed E-state index contributed by atoms with van der Waals surface area (Å²) in [5.41, 5.74) is 0. The molecule has 10 heavy (non-hydrogen) atoms. The van der Waals surface area contributed by atoms with Gasteiger partial charge in [-0.3, -0.25) is 4.55 Å². The summed E-state index contributed by atoms with van der Waals surface area (Å²) in [5.74, 6) is -0.569. The van der Waals surface area contributed by atoms with Crippen LogP contribution in [0.25, 0.3) is 0 Å². The third kappa shape index (κ3) is 4.68. The number of hydrogen-bond acceptors (Lipinski definition) is 4. The van der Waals surface area contributed by atoms with Crippen molar-refractivity contribution >= 4 is 10.1 Å². The highest BCUT2D eigenvalue weighted by molar-refractivity contribution is 7.85. The average molecular weight is 170 g/mol. The Hall–Kier alpha value is -0.170. The molecule has 0 aromatic rings. The summed E-state index contributed by atoms with van der Waals surface area (Å²) in [6.07, 6.45) is -0.838. The zero-order chi connectivity index (χ0) is 8.20. The molecule has 0 aromatic heterocycles. The molecular formula is C4H10O5S. The highest BCUT2D eigenvalue weighted by Gasteiger charge is 2.14. The lowest BCUT2D eigenvalue weighted by Crippen LogP contribution is -2.25. The standard InChI is InChI=1S/C4H10O5S/c1-9-4(2-5)3-10(6,7)8/h4-5H,2-3H2,1H3,(H,6,7,8). The van der Waals surface area contributed by atoms with Crippen LogP contribution in [0.2, 0.25) is 0 Å². The Labute approximate surface area is 59.4 Å². The number of ether oxygens (including phenoxy) is 1. The molecule has 0 spiro atoms. The fraction of sp³-hybridized carbons (Fsp3) is 1.00. The van der Waals surface area contributed by atoms with Gasteiger partial charge in [0, 0.05) is 7.11 Å². The topological polar surface area (TPSA) is 83.8 Å². The van der Waals surface area contributed by atoms with Crippen molar-refractivity contribution in [1.29, 1.82) is 0 Å². The van der Waals surface area contributed by atoms with Crippen LogP contribution >= 0.6 is 0 Å². The van der Waals surface area contributed by atoms with Crippen molar-refractivity contribution in [2.75, 3.05) is 19.5 Å². The molecule has 5 nitrogen and oxygen atoms in total. The van der Waals surface area contributed by atoms with E-state index in [1.165, 1.54) is 7.11 Å².